The van der Waals surface area contributed by atoms with Gasteiger partial charge in [0.05, 0.1) is 6.54 Å². The van der Waals surface area contributed by atoms with Gasteiger partial charge in [-0.05, 0) is 12.8 Å². The van der Waals surface area contributed by atoms with Crippen LogP contribution in [0.2, 0.25) is 0 Å². The Kier molecular flexibility index (Phi) is 3.25. The summed E-state index contributed by atoms with van der Waals surface area (Å²) < 4.78 is 0. The lowest BCUT2D eigenvalue weighted by Crippen LogP contribution is -2.41. The third-order valence-electron chi connectivity index (χ3n) is 2.23. The first-order chi connectivity index (χ1) is 6.11. The summed E-state index contributed by atoms with van der Waals surface area (Å²) in [7, 11) is 0. The summed E-state index contributed by atoms with van der Waals surface area (Å²) in [5, 5.41) is 19.5. The minimum Gasteiger partial charge on any atom is -0.479 e. The van der Waals surface area contributed by atoms with Gasteiger partial charge in [-0.15, -0.1) is 0 Å². The standard InChI is InChI=1S/C8H13NO4/c10-6(8(12)13)4-9-7(11)5-2-1-3-5/h5-6,10H,1-4H2,(H,9,11)(H,12,13). The lowest BCUT2D eigenvalue weighted by Gasteiger charge is -2.24. The molecule has 5 heteroatoms. The molecule has 1 unspecified atom stereocenters. The number of carboxylic acid groups (broad SMARTS) is 1. The molecule has 0 radical (unpaired) electrons. The van der Waals surface area contributed by atoms with E-state index in [9.17, 15) is 9.59 Å². The smallest absolute Gasteiger partial charge is 0.334 e. The fourth-order valence-electron chi connectivity index (χ4n) is 1.10. The molecular weight excluding hydrogens is 174 g/mol. The molecule has 0 saturated heterocycles. The first-order valence-corrected chi connectivity index (χ1v) is 4.30. The van der Waals surface area contributed by atoms with Crippen LogP contribution in [0.1, 0.15) is 19.3 Å². The van der Waals surface area contributed by atoms with Crippen molar-refractivity contribution in [1.29, 1.82) is 0 Å². The minimum atomic E-state index is -1.50. The molecule has 0 bridgehead atoms. The second-order valence-corrected chi connectivity index (χ2v) is 3.23. The zero-order valence-corrected chi connectivity index (χ0v) is 7.19. The molecule has 1 fully saturated rings. The second-order valence-electron chi connectivity index (χ2n) is 3.23. The number of aliphatic carboxylic acids is 1. The van der Waals surface area contributed by atoms with Gasteiger partial charge >= 0.3 is 5.97 Å². The number of carboxylic acids is 1. The van der Waals surface area contributed by atoms with Gasteiger partial charge in [-0.2, -0.15) is 0 Å². The van der Waals surface area contributed by atoms with E-state index in [2.05, 4.69) is 5.32 Å². The maximum Gasteiger partial charge on any atom is 0.334 e. The van der Waals surface area contributed by atoms with Crippen LogP contribution >= 0.6 is 0 Å². The number of rotatable bonds is 4. The molecule has 1 aliphatic rings. The van der Waals surface area contributed by atoms with Crippen molar-refractivity contribution in [2.75, 3.05) is 6.54 Å². The van der Waals surface area contributed by atoms with Crippen LogP contribution in [-0.4, -0.2) is 34.7 Å². The highest BCUT2D eigenvalue weighted by Crippen LogP contribution is 2.25. The Morgan fingerprint density at radius 1 is 1.46 bits per heavy atom. The van der Waals surface area contributed by atoms with E-state index in [1.54, 1.807) is 0 Å². The van der Waals surface area contributed by atoms with Gasteiger partial charge in [-0.3, -0.25) is 4.79 Å². The molecule has 5 nitrogen and oxygen atoms in total. The summed E-state index contributed by atoms with van der Waals surface area (Å²) in [5.74, 6) is -1.43. The number of hydrogen-bond donors (Lipinski definition) is 3. The van der Waals surface area contributed by atoms with E-state index >= 15 is 0 Å². The number of nitrogens with one attached hydrogen (secondary N) is 1. The summed E-state index contributed by atoms with van der Waals surface area (Å²) in [6.07, 6.45) is 1.30. The van der Waals surface area contributed by atoms with Crippen LogP contribution in [0.25, 0.3) is 0 Å². The Morgan fingerprint density at radius 2 is 2.08 bits per heavy atom. The van der Waals surface area contributed by atoms with Crippen LogP contribution in [0.15, 0.2) is 0 Å². The maximum absolute atomic E-state index is 11.1. The molecule has 0 spiro atoms. The zero-order chi connectivity index (χ0) is 9.84. The summed E-state index contributed by atoms with van der Waals surface area (Å²) in [6, 6.07) is 0. The van der Waals surface area contributed by atoms with Gasteiger partial charge in [-0.1, -0.05) is 6.42 Å². The number of aliphatic hydroxyl groups is 1. The van der Waals surface area contributed by atoms with Gasteiger partial charge in [-0.25, -0.2) is 4.79 Å². The largest absolute Gasteiger partial charge is 0.479 e. The molecule has 0 heterocycles. The number of amides is 1. The van der Waals surface area contributed by atoms with Gasteiger partial charge in [0, 0.05) is 5.92 Å². The Hall–Kier alpha value is -1.10. The second kappa shape index (κ2) is 4.23. The van der Waals surface area contributed by atoms with Crippen molar-refractivity contribution in [3.63, 3.8) is 0 Å². The monoisotopic (exact) mass is 187 g/mol. The Bertz CT molecular complexity index is 212. The van der Waals surface area contributed by atoms with E-state index in [1.165, 1.54) is 0 Å². The predicted octanol–water partition coefficient (Wildman–Crippen LogP) is -0.652. The highest BCUT2D eigenvalue weighted by molar-refractivity contribution is 5.80. The third-order valence-corrected chi connectivity index (χ3v) is 2.23. The zero-order valence-electron chi connectivity index (χ0n) is 7.19. The Labute approximate surface area is 75.7 Å². The van der Waals surface area contributed by atoms with Crippen LogP contribution in [0, 0.1) is 5.92 Å². The quantitative estimate of drug-likeness (QED) is 0.545. The minimum absolute atomic E-state index is 0.0287. The molecule has 0 aromatic heterocycles. The summed E-state index contributed by atoms with van der Waals surface area (Å²) in [4.78, 5) is 21.3. The van der Waals surface area contributed by atoms with Crippen molar-refractivity contribution in [1.82, 2.24) is 5.32 Å². The lowest BCUT2D eigenvalue weighted by atomic mass is 9.85. The van der Waals surface area contributed by atoms with Crippen LogP contribution in [0.4, 0.5) is 0 Å². The van der Waals surface area contributed by atoms with Crippen molar-refractivity contribution in [2.45, 2.75) is 25.4 Å². The number of carbonyl (C=O) groups excluding carboxylic acids is 1. The van der Waals surface area contributed by atoms with Gasteiger partial charge in [0.25, 0.3) is 0 Å². The van der Waals surface area contributed by atoms with Gasteiger partial charge in [0.2, 0.25) is 5.91 Å². The van der Waals surface area contributed by atoms with Crippen LogP contribution in [0.5, 0.6) is 0 Å². The van der Waals surface area contributed by atoms with Crippen LogP contribution in [0.3, 0.4) is 0 Å². The summed E-state index contributed by atoms with van der Waals surface area (Å²) in [6.45, 7) is -0.204. The first-order valence-electron chi connectivity index (χ1n) is 4.30. The van der Waals surface area contributed by atoms with Gasteiger partial charge in [0.15, 0.2) is 6.10 Å². The average Bonchev–Trinajstić information content (AvgIpc) is 1.96. The lowest BCUT2D eigenvalue weighted by molar-refractivity contribution is -0.146. The molecule has 1 rings (SSSR count). The normalized spacial score (nSPS) is 18.8. The van der Waals surface area contributed by atoms with Crippen molar-refractivity contribution < 1.29 is 19.8 Å². The topological polar surface area (TPSA) is 86.6 Å². The molecule has 1 saturated carbocycles. The number of hydrogen-bond acceptors (Lipinski definition) is 3. The van der Waals surface area contributed by atoms with Gasteiger partial charge in [0.1, 0.15) is 0 Å². The van der Waals surface area contributed by atoms with E-state index in [1.807, 2.05) is 0 Å². The van der Waals surface area contributed by atoms with E-state index < -0.39 is 12.1 Å². The van der Waals surface area contributed by atoms with Crippen LogP contribution < -0.4 is 5.32 Å². The molecular formula is C8H13NO4. The Morgan fingerprint density at radius 3 is 2.46 bits per heavy atom. The van der Waals surface area contributed by atoms with Gasteiger partial charge < -0.3 is 15.5 Å². The molecule has 0 aliphatic heterocycles. The number of aliphatic hydroxyl groups excluding tert-OH is 1. The average molecular weight is 187 g/mol. The van der Waals surface area contributed by atoms with E-state index in [-0.39, 0.29) is 18.4 Å². The van der Waals surface area contributed by atoms with E-state index in [4.69, 9.17) is 10.2 Å². The molecule has 74 valence electrons. The van der Waals surface area contributed by atoms with Crippen molar-refractivity contribution >= 4 is 11.9 Å². The number of carbonyl (C=O) groups is 2. The van der Waals surface area contributed by atoms with Crippen molar-refractivity contribution in [3.05, 3.63) is 0 Å². The molecule has 13 heavy (non-hydrogen) atoms. The van der Waals surface area contributed by atoms with E-state index in [0.29, 0.717) is 0 Å². The van der Waals surface area contributed by atoms with Crippen molar-refractivity contribution in [2.24, 2.45) is 5.92 Å². The molecule has 3 N–H and O–H groups in total. The summed E-state index contributed by atoms with van der Waals surface area (Å²) >= 11 is 0. The predicted molar refractivity (Wildman–Crippen MR) is 44.0 cm³/mol. The maximum atomic E-state index is 11.1. The van der Waals surface area contributed by atoms with E-state index in [0.717, 1.165) is 19.3 Å². The molecule has 1 aliphatic carbocycles. The SMILES string of the molecule is O=C(O)C(O)CNC(=O)C1CCC1. The van der Waals surface area contributed by atoms with Crippen LogP contribution in [-0.2, 0) is 9.59 Å². The third kappa shape index (κ3) is 2.69. The first kappa shape index (κ1) is 9.98. The highest BCUT2D eigenvalue weighted by Gasteiger charge is 2.25. The Balaban J connectivity index is 2.17. The molecule has 0 aromatic carbocycles. The molecule has 0 aromatic rings. The molecule has 1 atom stereocenters. The summed E-state index contributed by atoms with van der Waals surface area (Å²) in [5.41, 5.74) is 0. The van der Waals surface area contributed by atoms with Crippen molar-refractivity contribution in [3.8, 4) is 0 Å². The highest BCUT2D eigenvalue weighted by atomic mass is 16.4. The molecule has 1 amide bonds. The fraction of sp³-hybridized carbons (Fsp3) is 0.750. The fourth-order valence-corrected chi connectivity index (χ4v) is 1.10.